The lowest BCUT2D eigenvalue weighted by molar-refractivity contribution is 0.473. The highest BCUT2D eigenvalue weighted by Gasteiger charge is 2.31. The normalized spacial score (nSPS) is 15.3. The molecule has 3 heterocycles. The Hall–Kier alpha value is -3.00. The van der Waals surface area contributed by atoms with Gasteiger partial charge in [-0.1, -0.05) is 26.0 Å². The van der Waals surface area contributed by atoms with Crippen molar-refractivity contribution in [1.29, 1.82) is 0 Å². The number of aryl methyl sites for hydroxylation is 1. The molecule has 0 spiro atoms. The van der Waals surface area contributed by atoms with Gasteiger partial charge in [0.15, 0.2) is 9.84 Å². The molecule has 0 unspecified atom stereocenters. The van der Waals surface area contributed by atoms with Crippen molar-refractivity contribution in [2.24, 2.45) is 10.9 Å². The molecule has 3 aromatic rings. The number of hydrogen-bond acceptors (Lipinski definition) is 6. The SMILES string of the molecule is CC(C)CCn1c(=O)c(C2=Nc3ccccc3S(=O)(=O)C2)c(O)c2cccnc21. The molecular formula is C21H21N3O4S. The van der Waals surface area contributed by atoms with Crippen LogP contribution in [-0.4, -0.2) is 34.5 Å². The second-order valence-corrected chi connectivity index (χ2v) is 9.48. The summed E-state index contributed by atoms with van der Waals surface area (Å²) in [5, 5.41) is 11.3. The van der Waals surface area contributed by atoms with Crippen molar-refractivity contribution < 1.29 is 13.5 Å². The molecule has 0 fully saturated rings. The van der Waals surface area contributed by atoms with E-state index in [0.29, 0.717) is 23.5 Å². The van der Waals surface area contributed by atoms with Crippen molar-refractivity contribution in [2.75, 3.05) is 5.75 Å². The molecule has 1 aliphatic rings. The van der Waals surface area contributed by atoms with Gasteiger partial charge in [-0.15, -0.1) is 0 Å². The number of nitrogens with zero attached hydrogens (tertiary/aromatic N) is 3. The Kier molecular flexibility index (Phi) is 4.74. The number of aromatic hydroxyl groups is 1. The molecule has 0 aliphatic carbocycles. The molecule has 29 heavy (non-hydrogen) atoms. The second kappa shape index (κ2) is 7.11. The van der Waals surface area contributed by atoms with Crippen LogP contribution in [0.1, 0.15) is 25.8 Å². The van der Waals surface area contributed by atoms with Crippen LogP contribution >= 0.6 is 0 Å². The van der Waals surface area contributed by atoms with Gasteiger partial charge in [-0.2, -0.15) is 0 Å². The van der Waals surface area contributed by atoms with Crippen LogP contribution in [-0.2, 0) is 16.4 Å². The van der Waals surface area contributed by atoms with E-state index in [1.54, 1.807) is 36.5 Å². The van der Waals surface area contributed by atoms with Crippen molar-refractivity contribution in [1.82, 2.24) is 9.55 Å². The maximum absolute atomic E-state index is 13.3. The Bertz CT molecular complexity index is 1310. The average molecular weight is 411 g/mol. The number of aliphatic imine (C=N–C) groups is 1. The van der Waals surface area contributed by atoms with Gasteiger partial charge in [0.1, 0.15) is 17.0 Å². The predicted octanol–water partition coefficient (Wildman–Crippen LogP) is 3.06. The topological polar surface area (TPSA) is 102 Å². The maximum Gasteiger partial charge on any atom is 0.265 e. The van der Waals surface area contributed by atoms with Crippen molar-refractivity contribution in [2.45, 2.75) is 31.7 Å². The summed E-state index contributed by atoms with van der Waals surface area (Å²) in [6.07, 6.45) is 2.30. The third kappa shape index (κ3) is 3.33. The first-order chi connectivity index (χ1) is 13.8. The van der Waals surface area contributed by atoms with Crippen LogP contribution in [0.15, 0.2) is 57.3 Å². The van der Waals surface area contributed by atoms with Gasteiger partial charge in [0.05, 0.1) is 27.4 Å². The number of fused-ring (bicyclic) bond motifs is 2. The fourth-order valence-electron chi connectivity index (χ4n) is 3.49. The summed E-state index contributed by atoms with van der Waals surface area (Å²) in [4.78, 5) is 22.2. The molecule has 8 heteroatoms. The van der Waals surface area contributed by atoms with Crippen LogP contribution in [0, 0.1) is 5.92 Å². The first-order valence-corrected chi connectivity index (χ1v) is 11.0. The monoisotopic (exact) mass is 411 g/mol. The number of aromatic nitrogens is 2. The minimum Gasteiger partial charge on any atom is -0.506 e. The lowest BCUT2D eigenvalue weighted by atomic mass is 10.1. The van der Waals surface area contributed by atoms with Crippen LogP contribution in [0.25, 0.3) is 11.0 Å². The summed E-state index contributed by atoms with van der Waals surface area (Å²) in [6.45, 7) is 4.52. The summed E-state index contributed by atoms with van der Waals surface area (Å²) >= 11 is 0. The summed E-state index contributed by atoms with van der Waals surface area (Å²) in [7, 11) is -3.67. The zero-order valence-electron chi connectivity index (χ0n) is 16.2. The van der Waals surface area contributed by atoms with E-state index in [9.17, 15) is 18.3 Å². The molecule has 0 atom stereocenters. The van der Waals surface area contributed by atoms with E-state index in [1.165, 1.54) is 10.6 Å². The molecule has 2 aromatic heterocycles. The van der Waals surface area contributed by atoms with E-state index >= 15 is 0 Å². The summed E-state index contributed by atoms with van der Waals surface area (Å²) in [5.41, 5.74) is 0.136. The fraction of sp³-hybridized carbons (Fsp3) is 0.286. The van der Waals surface area contributed by atoms with Crippen LogP contribution in [0.5, 0.6) is 5.75 Å². The Morgan fingerprint density at radius 3 is 2.69 bits per heavy atom. The molecule has 0 amide bonds. The van der Waals surface area contributed by atoms with Crippen LogP contribution in [0.3, 0.4) is 0 Å². The second-order valence-electron chi connectivity index (χ2n) is 7.52. The lowest BCUT2D eigenvalue weighted by Crippen LogP contribution is -2.32. The minimum atomic E-state index is -3.67. The Morgan fingerprint density at radius 1 is 1.17 bits per heavy atom. The highest BCUT2D eigenvalue weighted by Crippen LogP contribution is 2.33. The number of rotatable bonds is 4. The molecular weight excluding hydrogens is 390 g/mol. The molecule has 0 bridgehead atoms. The number of para-hydroxylation sites is 1. The van der Waals surface area contributed by atoms with E-state index in [4.69, 9.17) is 0 Å². The first kappa shape index (κ1) is 19.3. The molecule has 4 rings (SSSR count). The van der Waals surface area contributed by atoms with Crippen LogP contribution < -0.4 is 5.56 Å². The van der Waals surface area contributed by atoms with Crippen molar-refractivity contribution in [3.8, 4) is 5.75 Å². The van der Waals surface area contributed by atoms with Crippen molar-refractivity contribution in [3.05, 3.63) is 58.5 Å². The Morgan fingerprint density at radius 2 is 1.93 bits per heavy atom. The lowest BCUT2D eigenvalue weighted by Gasteiger charge is -2.19. The molecule has 0 radical (unpaired) electrons. The third-order valence-electron chi connectivity index (χ3n) is 4.99. The Balaban J connectivity index is 2.00. The molecule has 7 nitrogen and oxygen atoms in total. The predicted molar refractivity (Wildman–Crippen MR) is 112 cm³/mol. The smallest absolute Gasteiger partial charge is 0.265 e. The maximum atomic E-state index is 13.3. The van der Waals surface area contributed by atoms with Crippen molar-refractivity contribution >= 4 is 32.3 Å². The molecule has 1 aromatic carbocycles. The van der Waals surface area contributed by atoms with Gasteiger partial charge in [-0.05, 0) is 36.6 Å². The fourth-order valence-corrected chi connectivity index (χ4v) is 4.94. The number of hydrogen-bond donors (Lipinski definition) is 1. The van der Waals surface area contributed by atoms with Gasteiger partial charge < -0.3 is 5.11 Å². The van der Waals surface area contributed by atoms with Gasteiger partial charge in [0.2, 0.25) is 0 Å². The van der Waals surface area contributed by atoms with Gasteiger partial charge in [0, 0.05) is 12.7 Å². The number of sulfone groups is 1. The zero-order chi connectivity index (χ0) is 20.8. The highest BCUT2D eigenvalue weighted by molar-refractivity contribution is 7.92. The minimum absolute atomic E-state index is 0.0512. The van der Waals surface area contributed by atoms with E-state index in [2.05, 4.69) is 23.8 Å². The standard InChI is InChI=1S/C21H21N3O4S/c1-13(2)9-11-24-20-14(6-5-10-22-20)19(25)18(21(24)26)16-12-29(27,28)17-8-4-3-7-15(17)23-16/h3-8,10,13,25H,9,11-12H2,1-2H3. The average Bonchev–Trinajstić information content (AvgIpc) is 2.67. The molecule has 1 aliphatic heterocycles. The van der Waals surface area contributed by atoms with Crippen LogP contribution in [0.4, 0.5) is 5.69 Å². The summed E-state index contributed by atoms with van der Waals surface area (Å²) < 4.78 is 27.0. The Labute approximate surface area is 168 Å². The molecule has 0 saturated carbocycles. The summed E-state index contributed by atoms with van der Waals surface area (Å²) in [5.74, 6) is -0.368. The van der Waals surface area contributed by atoms with E-state index in [-0.39, 0.29) is 27.6 Å². The first-order valence-electron chi connectivity index (χ1n) is 9.40. The van der Waals surface area contributed by atoms with Gasteiger partial charge in [-0.25, -0.2) is 13.4 Å². The highest BCUT2D eigenvalue weighted by atomic mass is 32.2. The zero-order valence-corrected chi connectivity index (χ0v) is 17.0. The van der Waals surface area contributed by atoms with Gasteiger partial charge >= 0.3 is 0 Å². The summed E-state index contributed by atoms with van der Waals surface area (Å²) in [6, 6.07) is 9.73. The molecule has 1 N–H and O–H groups in total. The van der Waals surface area contributed by atoms with E-state index in [1.807, 2.05) is 0 Å². The largest absolute Gasteiger partial charge is 0.506 e. The van der Waals surface area contributed by atoms with Gasteiger partial charge in [-0.3, -0.25) is 14.4 Å². The van der Waals surface area contributed by atoms with Gasteiger partial charge in [0.25, 0.3) is 5.56 Å². The van der Waals surface area contributed by atoms with E-state index < -0.39 is 21.1 Å². The van der Waals surface area contributed by atoms with E-state index in [0.717, 1.165) is 6.42 Å². The van der Waals surface area contributed by atoms with Crippen molar-refractivity contribution in [3.63, 3.8) is 0 Å². The number of pyridine rings is 2. The quantitative estimate of drug-likeness (QED) is 0.711. The van der Waals surface area contributed by atoms with Crippen LogP contribution in [0.2, 0.25) is 0 Å². The third-order valence-corrected chi connectivity index (χ3v) is 6.66. The molecule has 150 valence electrons. The molecule has 0 saturated heterocycles. The number of benzene rings is 1.